The Morgan fingerprint density at radius 3 is 2.76 bits per heavy atom. The number of piperidine rings is 1. The summed E-state index contributed by atoms with van der Waals surface area (Å²) in [6.07, 6.45) is 4.74. The molecule has 2 bridgehead atoms. The number of fused-ring (bicyclic) bond motifs is 1. The second-order valence-electron chi connectivity index (χ2n) is 9.83. The van der Waals surface area contributed by atoms with Crippen LogP contribution >= 0.6 is 0 Å². The molecule has 3 aliphatic rings. The Morgan fingerprint density at radius 1 is 1.15 bits per heavy atom. The smallest absolute Gasteiger partial charge is 0.313 e. The maximum Gasteiger partial charge on any atom is 0.419 e. The molecule has 1 N–H and O–H groups in total. The van der Waals surface area contributed by atoms with Gasteiger partial charge in [0.05, 0.1) is 5.56 Å². The van der Waals surface area contributed by atoms with Gasteiger partial charge in [-0.1, -0.05) is 25.0 Å². The van der Waals surface area contributed by atoms with Crippen molar-refractivity contribution in [1.82, 2.24) is 5.32 Å². The van der Waals surface area contributed by atoms with Crippen LogP contribution in [0.4, 0.5) is 23.2 Å². The van der Waals surface area contributed by atoms with Gasteiger partial charge in [-0.05, 0) is 85.2 Å². The average Bonchev–Trinajstić information content (AvgIpc) is 2.82. The Kier molecular flexibility index (Phi) is 5.79. The maximum atomic E-state index is 13.5. The molecule has 1 amide bonds. The number of carbonyl (C=O) groups excluding carboxylic acids is 1. The number of amides is 1. The normalized spacial score (nSPS) is 26.1. The second-order valence-corrected chi connectivity index (χ2v) is 9.83. The molecule has 1 heterocycles. The van der Waals surface area contributed by atoms with E-state index in [1.807, 2.05) is 6.07 Å². The molecule has 5 rings (SSSR count). The molecule has 34 heavy (non-hydrogen) atoms. The van der Waals surface area contributed by atoms with Crippen LogP contribution in [0.3, 0.4) is 0 Å². The van der Waals surface area contributed by atoms with Crippen LogP contribution in [0, 0.1) is 11.7 Å². The number of nitrogens with one attached hydrogen (secondary N) is 1. The summed E-state index contributed by atoms with van der Waals surface area (Å²) in [6.45, 7) is 1.01. The van der Waals surface area contributed by atoms with Crippen molar-refractivity contribution in [2.45, 2.75) is 56.2 Å². The monoisotopic (exact) mass is 472 g/mol. The Labute approximate surface area is 196 Å². The van der Waals surface area contributed by atoms with Crippen LogP contribution in [0.2, 0.25) is 0 Å². The van der Waals surface area contributed by atoms with Crippen molar-refractivity contribution in [3.8, 4) is 0 Å². The molecule has 3 atom stereocenters. The first-order valence-electron chi connectivity index (χ1n) is 11.9. The van der Waals surface area contributed by atoms with Crippen molar-refractivity contribution >= 4 is 17.7 Å². The minimum Gasteiger partial charge on any atom is -0.313 e. The van der Waals surface area contributed by atoms with Crippen molar-refractivity contribution < 1.29 is 22.4 Å². The first-order chi connectivity index (χ1) is 16.2. The number of benzene rings is 2. The van der Waals surface area contributed by atoms with Gasteiger partial charge in [0, 0.05) is 30.3 Å². The molecule has 1 aliphatic heterocycles. The lowest BCUT2D eigenvalue weighted by molar-refractivity contribution is -0.140. The van der Waals surface area contributed by atoms with Crippen LogP contribution in [0.25, 0.3) is 6.08 Å². The summed E-state index contributed by atoms with van der Waals surface area (Å²) >= 11 is 0. The van der Waals surface area contributed by atoms with Crippen LogP contribution in [0.1, 0.15) is 54.4 Å². The van der Waals surface area contributed by atoms with E-state index in [1.54, 1.807) is 7.05 Å². The largest absolute Gasteiger partial charge is 0.419 e. The molecule has 0 radical (unpaired) electrons. The van der Waals surface area contributed by atoms with Crippen LogP contribution in [0.15, 0.2) is 42.5 Å². The highest BCUT2D eigenvalue weighted by Gasteiger charge is 2.51. The fourth-order valence-corrected chi connectivity index (χ4v) is 6.39. The lowest BCUT2D eigenvalue weighted by Gasteiger charge is -2.56. The van der Waals surface area contributed by atoms with Crippen LogP contribution < -0.4 is 10.2 Å². The molecule has 2 aliphatic carbocycles. The van der Waals surface area contributed by atoms with E-state index in [1.165, 1.54) is 59.9 Å². The fourth-order valence-electron chi connectivity index (χ4n) is 6.39. The minimum absolute atomic E-state index is 0.116. The zero-order chi connectivity index (χ0) is 24.1. The quantitative estimate of drug-likeness (QED) is 0.448. The molecular weight excluding hydrogens is 444 g/mol. The second kappa shape index (κ2) is 8.52. The summed E-state index contributed by atoms with van der Waals surface area (Å²) < 4.78 is 52.5. The van der Waals surface area contributed by atoms with E-state index < -0.39 is 17.6 Å². The SMILES string of the molecule is CN(C(=O)C=Cc1ccc(F)c(C(F)(F)F)c1)c1ccc2c(c1)[C@@]13CCCC[C@H]1[C@@H](C2)NCC3. The number of rotatable bonds is 3. The highest BCUT2D eigenvalue weighted by molar-refractivity contribution is 6.03. The molecule has 1 saturated heterocycles. The molecule has 7 heteroatoms. The van der Waals surface area contributed by atoms with Crippen molar-refractivity contribution in [3.63, 3.8) is 0 Å². The Balaban J connectivity index is 1.40. The van der Waals surface area contributed by atoms with Gasteiger partial charge in [-0.3, -0.25) is 4.79 Å². The van der Waals surface area contributed by atoms with Crippen LogP contribution in [0.5, 0.6) is 0 Å². The lowest BCUT2D eigenvalue weighted by atomic mass is 9.53. The van der Waals surface area contributed by atoms with E-state index in [-0.39, 0.29) is 16.9 Å². The molecule has 0 spiro atoms. The topological polar surface area (TPSA) is 32.3 Å². The summed E-state index contributed by atoms with van der Waals surface area (Å²) in [7, 11) is 1.67. The highest BCUT2D eigenvalue weighted by Crippen LogP contribution is 2.54. The van der Waals surface area contributed by atoms with E-state index in [4.69, 9.17) is 0 Å². The first-order valence-corrected chi connectivity index (χ1v) is 11.9. The predicted molar refractivity (Wildman–Crippen MR) is 124 cm³/mol. The molecule has 180 valence electrons. The van der Waals surface area contributed by atoms with Gasteiger partial charge in [-0.2, -0.15) is 13.2 Å². The van der Waals surface area contributed by atoms with Gasteiger partial charge < -0.3 is 10.2 Å². The third kappa shape index (κ3) is 3.94. The zero-order valence-electron chi connectivity index (χ0n) is 19.1. The molecule has 2 aromatic rings. The summed E-state index contributed by atoms with van der Waals surface area (Å²) in [6, 6.07) is 9.45. The molecular formula is C27H28F4N2O. The van der Waals surface area contributed by atoms with E-state index in [2.05, 4.69) is 17.4 Å². The fraction of sp³-hybridized carbons (Fsp3) is 0.444. The van der Waals surface area contributed by atoms with Crippen LogP contribution in [-0.2, 0) is 22.8 Å². The van der Waals surface area contributed by atoms with Gasteiger partial charge in [0.2, 0.25) is 0 Å². The van der Waals surface area contributed by atoms with Gasteiger partial charge in [0.1, 0.15) is 5.82 Å². The molecule has 0 aromatic heterocycles. The number of alkyl halides is 3. The number of nitrogens with zero attached hydrogens (tertiary/aromatic N) is 1. The number of likely N-dealkylation sites (N-methyl/N-ethyl adjacent to an activating group) is 1. The van der Waals surface area contributed by atoms with Crippen molar-refractivity contribution in [3.05, 3.63) is 70.5 Å². The van der Waals surface area contributed by atoms with Gasteiger partial charge in [0.15, 0.2) is 0 Å². The highest BCUT2D eigenvalue weighted by atomic mass is 19.4. The standard InChI is InChI=1S/C27H28F4N2O/c1-33(25(34)10-6-17-5-9-23(28)22(14-17)27(29,30)31)19-8-7-18-15-24-20-4-2-3-11-26(20,12-13-32-24)21(18)16-19/h5-10,14,16,20,24,32H,2-4,11-13,15H2,1H3/t20-,24+,26+/m0/s1. The zero-order valence-corrected chi connectivity index (χ0v) is 19.1. The van der Waals surface area contributed by atoms with Crippen LogP contribution in [-0.4, -0.2) is 25.5 Å². The number of hydrogen-bond acceptors (Lipinski definition) is 2. The van der Waals surface area contributed by atoms with E-state index in [0.29, 0.717) is 18.0 Å². The van der Waals surface area contributed by atoms with E-state index in [9.17, 15) is 22.4 Å². The summed E-state index contributed by atoms with van der Waals surface area (Å²) in [4.78, 5) is 14.4. The van der Waals surface area contributed by atoms with Gasteiger partial charge >= 0.3 is 6.18 Å². The molecule has 2 fully saturated rings. The molecule has 1 saturated carbocycles. The molecule has 2 aromatic carbocycles. The van der Waals surface area contributed by atoms with Crippen molar-refractivity contribution in [1.29, 1.82) is 0 Å². The van der Waals surface area contributed by atoms with E-state index >= 15 is 0 Å². The Morgan fingerprint density at radius 2 is 1.97 bits per heavy atom. The number of hydrogen-bond donors (Lipinski definition) is 1. The summed E-state index contributed by atoms with van der Waals surface area (Å²) in [5.74, 6) is -1.06. The lowest BCUT2D eigenvalue weighted by Crippen LogP contribution is -2.59. The number of halogens is 4. The first kappa shape index (κ1) is 23.1. The number of carbonyl (C=O) groups is 1. The Hall–Kier alpha value is -2.67. The van der Waals surface area contributed by atoms with Gasteiger partial charge in [-0.15, -0.1) is 0 Å². The van der Waals surface area contributed by atoms with Crippen molar-refractivity contribution in [2.24, 2.45) is 5.92 Å². The molecule has 0 unspecified atom stereocenters. The predicted octanol–water partition coefficient (Wildman–Crippen LogP) is 5.87. The Bertz CT molecular complexity index is 1140. The van der Waals surface area contributed by atoms with Crippen molar-refractivity contribution in [2.75, 3.05) is 18.5 Å². The third-order valence-corrected chi connectivity index (χ3v) is 8.06. The third-order valence-electron chi connectivity index (χ3n) is 8.06. The van der Waals surface area contributed by atoms with Gasteiger partial charge in [0.25, 0.3) is 5.91 Å². The summed E-state index contributed by atoms with van der Waals surface area (Å²) in [5.41, 5.74) is 2.43. The average molecular weight is 473 g/mol. The molecule has 3 nitrogen and oxygen atoms in total. The number of anilines is 1. The maximum absolute atomic E-state index is 13.5. The van der Waals surface area contributed by atoms with E-state index in [0.717, 1.165) is 31.1 Å². The van der Waals surface area contributed by atoms with Gasteiger partial charge in [-0.25, -0.2) is 4.39 Å². The minimum atomic E-state index is -4.79. The summed E-state index contributed by atoms with van der Waals surface area (Å²) in [5, 5.41) is 3.72.